The minimum Gasteiger partial charge on any atom is -0.388 e. The molecule has 3 heterocycles. The molecule has 4 N–H and O–H groups in total. The van der Waals surface area contributed by atoms with E-state index in [1.165, 1.54) is 12.8 Å². The molecule has 2 amide bonds. The molecule has 1 aliphatic heterocycles. The summed E-state index contributed by atoms with van der Waals surface area (Å²) < 4.78 is 1.64. The number of fused-ring (bicyclic) bond motifs is 1. The number of benzene rings is 1. The second-order valence-electron chi connectivity index (χ2n) is 7.50. The van der Waals surface area contributed by atoms with Gasteiger partial charge in [-0.3, -0.25) is 14.9 Å². The molecular weight excluding hydrogens is 382 g/mol. The second-order valence-corrected chi connectivity index (χ2v) is 7.50. The van der Waals surface area contributed by atoms with Crippen LogP contribution < -0.4 is 21.3 Å². The van der Waals surface area contributed by atoms with Crippen molar-refractivity contribution in [2.75, 3.05) is 23.0 Å². The van der Waals surface area contributed by atoms with E-state index >= 15 is 0 Å². The monoisotopic (exact) mass is 403 g/mol. The molecule has 0 unspecified atom stereocenters. The normalized spacial score (nSPS) is 17.4. The summed E-state index contributed by atoms with van der Waals surface area (Å²) in [6.07, 6.45) is 7.58. The van der Waals surface area contributed by atoms with Crippen LogP contribution in [0.3, 0.4) is 0 Å². The van der Waals surface area contributed by atoms with Crippen LogP contribution >= 0.6 is 0 Å². The molecule has 1 aliphatic carbocycles. The molecule has 0 spiro atoms. The number of carbonyl (C=O) groups is 2. The molecule has 2 aromatic heterocycles. The molecule has 5 rings (SSSR count). The van der Waals surface area contributed by atoms with Crippen molar-refractivity contribution in [3.8, 4) is 0 Å². The van der Waals surface area contributed by atoms with Crippen LogP contribution in [0.15, 0.2) is 42.2 Å². The highest BCUT2D eigenvalue weighted by molar-refractivity contribution is 6.15. The summed E-state index contributed by atoms with van der Waals surface area (Å²) in [5.41, 5.74) is 4.64. The van der Waals surface area contributed by atoms with Crippen molar-refractivity contribution in [3.05, 3.63) is 47.8 Å². The van der Waals surface area contributed by atoms with Crippen molar-refractivity contribution >= 4 is 46.4 Å². The average molecular weight is 403 g/mol. The lowest BCUT2D eigenvalue weighted by molar-refractivity contribution is -0.124. The van der Waals surface area contributed by atoms with E-state index in [-0.39, 0.29) is 18.2 Å². The molecule has 0 bridgehead atoms. The van der Waals surface area contributed by atoms with Gasteiger partial charge >= 0.3 is 0 Å². The van der Waals surface area contributed by atoms with Crippen LogP contribution in [-0.4, -0.2) is 39.5 Å². The Balaban J connectivity index is 1.45. The SMILES string of the molecule is CNc1cc(Nc2ccn3ncc(/C=C4/CC(=O)NC4=O)c3n2)cc(NC2CC2)c1. The van der Waals surface area contributed by atoms with Gasteiger partial charge in [-0.1, -0.05) is 0 Å². The van der Waals surface area contributed by atoms with Gasteiger partial charge in [0.05, 0.1) is 12.6 Å². The van der Waals surface area contributed by atoms with Crippen LogP contribution in [0.5, 0.6) is 0 Å². The van der Waals surface area contributed by atoms with Crippen LogP contribution in [-0.2, 0) is 9.59 Å². The third kappa shape index (κ3) is 3.69. The van der Waals surface area contributed by atoms with Gasteiger partial charge in [0, 0.05) is 47.5 Å². The van der Waals surface area contributed by atoms with Gasteiger partial charge in [0.15, 0.2) is 5.65 Å². The van der Waals surface area contributed by atoms with Crippen LogP contribution in [0, 0.1) is 0 Å². The highest BCUT2D eigenvalue weighted by Gasteiger charge is 2.24. The second kappa shape index (κ2) is 7.18. The zero-order chi connectivity index (χ0) is 20.7. The Morgan fingerprint density at radius 3 is 2.70 bits per heavy atom. The summed E-state index contributed by atoms with van der Waals surface area (Å²) >= 11 is 0. The van der Waals surface area contributed by atoms with Gasteiger partial charge in [-0.15, -0.1) is 0 Å². The minimum absolute atomic E-state index is 0.0711. The van der Waals surface area contributed by atoms with Gasteiger partial charge in [0.2, 0.25) is 5.91 Å². The Morgan fingerprint density at radius 1 is 1.17 bits per heavy atom. The Bertz CT molecular complexity index is 1190. The molecule has 9 heteroatoms. The lowest BCUT2D eigenvalue weighted by Crippen LogP contribution is -2.19. The number of imide groups is 1. The quantitative estimate of drug-likeness (QED) is 0.370. The molecule has 30 heavy (non-hydrogen) atoms. The van der Waals surface area contributed by atoms with Gasteiger partial charge in [-0.2, -0.15) is 5.10 Å². The third-order valence-electron chi connectivity index (χ3n) is 5.06. The Kier molecular flexibility index (Phi) is 4.35. The number of nitrogens with one attached hydrogen (secondary N) is 4. The standard InChI is InChI=1S/C21H21N7O2/c1-22-15-8-16(24-14-2-3-14)10-17(9-15)25-18-4-5-28-20(26-18)13(11-23-28)6-12-7-19(29)27-21(12)30/h4-6,8-11,14,22,24H,2-3,7H2,1H3,(H,25,26)(H,27,29,30)/b12-6-. The minimum atomic E-state index is -0.367. The Morgan fingerprint density at radius 2 is 1.97 bits per heavy atom. The largest absolute Gasteiger partial charge is 0.388 e. The van der Waals surface area contributed by atoms with Crippen molar-refractivity contribution in [3.63, 3.8) is 0 Å². The molecular formula is C21H21N7O2. The number of rotatable bonds is 6. The fraction of sp³-hybridized carbons (Fsp3) is 0.238. The zero-order valence-electron chi connectivity index (χ0n) is 16.4. The van der Waals surface area contributed by atoms with Crippen LogP contribution in [0.4, 0.5) is 22.9 Å². The van der Waals surface area contributed by atoms with Crippen molar-refractivity contribution in [1.82, 2.24) is 19.9 Å². The van der Waals surface area contributed by atoms with Crippen molar-refractivity contribution < 1.29 is 9.59 Å². The van der Waals surface area contributed by atoms with Gasteiger partial charge in [0.1, 0.15) is 5.82 Å². The fourth-order valence-corrected chi connectivity index (χ4v) is 3.41. The van der Waals surface area contributed by atoms with Crippen molar-refractivity contribution in [2.24, 2.45) is 0 Å². The maximum absolute atomic E-state index is 11.9. The van der Waals surface area contributed by atoms with E-state index in [2.05, 4.69) is 43.5 Å². The fourth-order valence-electron chi connectivity index (χ4n) is 3.41. The molecule has 1 saturated carbocycles. The smallest absolute Gasteiger partial charge is 0.254 e. The van der Waals surface area contributed by atoms with Gasteiger partial charge in [-0.25, -0.2) is 9.50 Å². The predicted molar refractivity (Wildman–Crippen MR) is 115 cm³/mol. The van der Waals surface area contributed by atoms with Crippen molar-refractivity contribution in [2.45, 2.75) is 25.3 Å². The lowest BCUT2D eigenvalue weighted by atomic mass is 10.1. The number of nitrogens with zero attached hydrogens (tertiary/aromatic N) is 3. The maximum Gasteiger partial charge on any atom is 0.254 e. The average Bonchev–Trinajstić information content (AvgIpc) is 3.36. The third-order valence-corrected chi connectivity index (χ3v) is 5.06. The van der Waals surface area contributed by atoms with E-state index in [9.17, 15) is 9.59 Å². The highest BCUT2D eigenvalue weighted by atomic mass is 16.2. The maximum atomic E-state index is 11.9. The van der Waals surface area contributed by atoms with Crippen molar-refractivity contribution in [1.29, 1.82) is 0 Å². The van der Waals surface area contributed by atoms with E-state index in [1.807, 2.05) is 19.2 Å². The first-order chi connectivity index (χ1) is 14.6. The molecule has 2 aliphatic rings. The van der Waals surface area contributed by atoms with Gasteiger partial charge in [0.25, 0.3) is 5.91 Å². The van der Waals surface area contributed by atoms with E-state index < -0.39 is 0 Å². The zero-order valence-corrected chi connectivity index (χ0v) is 16.4. The van der Waals surface area contributed by atoms with E-state index in [1.54, 1.807) is 23.0 Å². The summed E-state index contributed by atoms with van der Waals surface area (Å²) in [5.74, 6) is -0.00788. The first-order valence-corrected chi connectivity index (χ1v) is 9.83. The summed E-state index contributed by atoms with van der Waals surface area (Å²) in [5, 5.41) is 16.6. The number of amides is 2. The first-order valence-electron chi connectivity index (χ1n) is 9.83. The summed E-state index contributed by atoms with van der Waals surface area (Å²) in [7, 11) is 1.89. The van der Waals surface area contributed by atoms with Gasteiger partial charge < -0.3 is 16.0 Å². The van der Waals surface area contributed by atoms with E-state index in [0.29, 0.717) is 28.6 Å². The molecule has 1 aromatic carbocycles. The summed E-state index contributed by atoms with van der Waals surface area (Å²) in [6, 6.07) is 8.54. The lowest BCUT2D eigenvalue weighted by Gasteiger charge is -2.12. The van der Waals surface area contributed by atoms with Crippen LogP contribution in [0.1, 0.15) is 24.8 Å². The molecule has 9 nitrogen and oxygen atoms in total. The number of hydrogen-bond donors (Lipinski definition) is 4. The predicted octanol–water partition coefficient (Wildman–Crippen LogP) is 2.52. The topological polar surface area (TPSA) is 112 Å². The molecule has 1 saturated heterocycles. The summed E-state index contributed by atoms with van der Waals surface area (Å²) in [6.45, 7) is 0. The van der Waals surface area contributed by atoms with Crippen LogP contribution in [0.25, 0.3) is 11.7 Å². The van der Waals surface area contributed by atoms with Crippen LogP contribution in [0.2, 0.25) is 0 Å². The first kappa shape index (κ1) is 18.2. The number of carbonyl (C=O) groups excluding carboxylic acids is 2. The highest BCUT2D eigenvalue weighted by Crippen LogP contribution is 2.30. The summed E-state index contributed by atoms with van der Waals surface area (Å²) in [4.78, 5) is 28.0. The Hall–Kier alpha value is -3.88. The number of aromatic nitrogens is 3. The molecule has 0 radical (unpaired) electrons. The van der Waals surface area contributed by atoms with Gasteiger partial charge in [-0.05, 0) is 43.2 Å². The molecule has 2 fully saturated rings. The molecule has 152 valence electrons. The molecule has 0 atom stereocenters. The van der Waals surface area contributed by atoms with E-state index in [4.69, 9.17) is 0 Å². The number of hydrogen-bond acceptors (Lipinski definition) is 7. The molecule has 3 aromatic rings. The Labute approximate surface area is 172 Å². The van der Waals surface area contributed by atoms with E-state index in [0.717, 1.165) is 17.1 Å². The number of anilines is 4.